The molecular formula is C18H26N2O2. The largest absolute Gasteiger partial charge is 0.352 e. The molecule has 0 unspecified atom stereocenters. The summed E-state index contributed by atoms with van der Waals surface area (Å²) in [5.41, 5.74) is 1.21. The predicted molar refractivity (Wildman–Crippen MR) is 88.0 cm³/mol. The first-order valence-electron chi connectivity index (χ1n) is 8.25. The fraction of sp³-hybridized carbons (Fsp3) is 0.556. The van der Waals surface area contributed by atoms with Gasteiger partial charge in [0.1, 0.15) is 0 Å². The lowest BCUT2D eigenvalue weighted by molar-refractivity contribution is 0.0931. The maximum absolute atomic E-state index is 12.1. The molecule has 0 bridgehead atoms. The lowest BCUT2D eigenvalue weighted by atomic mass is 10.1. The first-order valence-corrected chi connectivity index (χ1v) is 8.25. The van der Waals surface area contributed by atoms with Crippen LogP contribution in [0.15, 0.2) is 24.3 Å². The van der Waals surface area contributed by atoms with Gasteiger partial charge < -0.3 is 10.6 Å². The van der Waals surface area contributed by atoms with Gasteiger partial charge in [0.2, 0.25) is 0 Å². The highest BCUT2D eigenvalue weighted by Gasteiger charge is 2.18. The lowest BCUT2D eigenvalue weighted by Gasteiger charge is -2.12. The lowest BCUT2D eigenvalue weighted by Crippen LogP contribution is -2.32. The summed E-state index contributed by atoms with van der Waals surface area (Å²) in [6, 6.07) is 7.19. The molecule has 0 aromatic heterocycles. The van der Waals surface area contributed by atoms with Crippen LogP contribution in [0.5, 0.6) is 0 Å². The summed E-state index contributed by atoms with van der Waals surface area (Å²) in [5, 5.41) is 5.95. The number of hydrogen-bond acceptors (Lipinski definition) is 2. The minimum absolute atomic E-state index is 0.0429. The third-order valence-electron chi connectivity index (χ3n) is 4.11. The number of carbonyl (C=O) groups is 2. The second kappa shape index (κ2) is 7.97. The minimum Gasteiger partial charge on any atom is -0.352 e. The van der Waals surface area contributed by atoms with Crippen LogP contribution in [0.3, 0.4) is 0 Å². The molecule has 2 amide bonds. The van der Waals surface area contributed by atoms with E-state index in [0.29, 0.717) is 29.6 Å². The molecule has 1 fully saturated rings. The van der Waals surface area contributed by atoms with E-state index in [1.54, 1.807) is 24.3 Å². The van der Waals surface area contributed by atoms with Crippen molar-refractivity contribution in [2.75, 3.05) is 6.54 Å². The smallest absolute Gasteiger partial charge is 0.251 e. The van der Waals surface area contributed by atoms with Gasteiger partial charge in [0.15, 0.2) is 0 Å². The van der Waals surface area contributed by atoms with Gasteiger partial charge in [-0.15, -0.1) is 0 Å². The van der Waals surface area contributed by atoms with E-state index in [1.165, 1.54) is 12.8 Å². The van der Waals surface area contributed by atoms with Crippen molar-refractivity contribution in [2.45, 2.75) is 52.0 Å². The first-order chi connectivity index (χ1) is 10.6. The minimum atomic E-state index is -0.0802. The number of rotatable bonds is 6. The topological polar surface area (TPSA) is 58.2 Å². The van der Waals surface area contributed by atoms with Crippen LogP contribution in [0.25, 0.3) is 0 Å². The highest BCUT2D eigenvalue weighted by atomic mass is 16.2. The third-order valence-corrected chi connectivity index (χ3v) is 4.11. The van der Waals surface area contributed by atoms with Crippen molar-refractivity contribution >= 4 is 11.8 Å². The Kier molecular flexibility index (Phi) is 5.99. The quantitative estimate of drug-likeness (QED) is 0.848. The molecule has 120 valence electrons. The fourth-order valence-electron chi connectivity index (χ4n) is 2.69. The predicted octanol–water partition coefficient (Wildman–Crippen LogP) is 3.13. The molecule has 0 saturated heterocycles. The van der Waals surface area contributed by atoms with Crippen LogP contribution < -0.4 is 10.6 Å². The van der Waals surface area contributed by atoms with Crippen molar-refractivity contribution in [3.8, 4) is 0 Å². The zero-order valence-corrected chi connectivity index (χ0v) is 13.5. The molecule has 22 heavy (non-hydrogen) atoms. The molecule has 4 nitrogen and oxygen atoms in total. The van der Waals surface area contributed by atoms with Gasteiger partial charge >= 0.3 is 0 Å². The molecule has 0 spiro atoms. The number of carbonyl (C=O) groups excluding carboxylic acids is 2. The molecule has 1 aliphatic rings. The number of nitrogens with one attached hydrogen (secondary N) is 2. The molecule has 1 saturated carbocycles. The normalized spacial score (nSPS) is 15.0. The maximum atomic E-state index is 12.1. The fourth-order valence-corrected chi connectivity index (χ4v) is 2.69. The zero-order valence-electron chi connectivity index (χ0n) is 13.5. The van der Waals surface area contributed by atoms with Gasteiger partial charge in [0.25, 0.3) is 11.8 Å². The van der Waals surface area contributed by atoms with Gasteiger partial charge in [-0.2, -0.15) is 0 Å². The van der Waals surface area contributed by atoms with Gasteiger partial charge in [-0.05, 0) is 49.4 Å². The van der Waals surface area contributed by atoms with Crippen molar-refractivity contribution in [3.63, 3.8) is 0 Å². The molecular weight excluding hydrogens is 276 g/mol. The molecule has 1 aliphatic carbocycles. The van der Waals surface area contributed by atoms with Gasteiger partial charge in [-0.25, -0.2) is 0 Å². The average molecular weight is 302 g/mol. The van der Waals surface area contributed by atoms with Gasteiger partial charge in [-0.1, -0.05) is 26.7 Å². The summed E-state index contributed by atoms with van der Waals surface area (Å²) in [6.07, 6.45) is 5.50. The van der Waals surface area contributed by atoms with Crippen LogP contribution in [-0.2, 0) is 0 Å². The summed E-state index contributed by atoms with van der Waals surface area (Å²) < 4.78 is 0. The van der Waals surface area contributed by atoms with E-state index in [4.69, 9.17) is 0 Å². The Morgan fingerprint density at radius 2 is 1.59 bits per heavy atom. The SMILES string of the molecule is CC(C)CCNC(=O)c1ccc(C(=O)NC2CCCC2)cc1. The molecule has 2 N–H and O–H groups in total. The van der Waals surface area contributed by atoms with E-state index in [9.17, 15) is 9.59 Å². The molecule has 1 aromatic rings. The number of benzene rings is 1. The Hall–Kier alpha value is -1.84. The van der Waals surface area contributed by atoms with Crippen LogP contribution in [-0.4, -0.2) is 24.4 Å². The highest BCUT2D eigenvalue weighted by Crippen LogP contribution is 2.18. The molecule has 0 heterocycles. The molecule has 0 radical (unpaired) electrons. The van der Waals surface area contributed by atoms with Crippen LogP contribution in [0.2, 0.25) is 0 Å². The van der Waals surface area contributed by atoms with Gasteiger partial charge in [0, 0.05) is 23.7 Å². The summed E-state index contributed by atoms with van der Waals surface area (Å²) in [6.45, 7) is 4.94. The summed E-state index contributed by atoms with van der Waals surface area (Å²) >= 11 is 0. The van der Waals surface area contributed by atoms with Crippen LogP contribution in [0.4, 0.5) is 0 Å². The summed E-state index contributed by atoms with van der Waals surface area (Å²) in [4.78, 5) is 24.1. The van der Waals surface area contributed by atoms with Gasteiger partial charge in [0.05, 0.1) is 0 Å². The monoisotopic (exact) mass is 302 g/mol. The third kappa shape index (κ3) is 4.86. The Labute approximate surface area is 132 Å². The van der Waals surface area contributed by atoms with E-state index < -0.39 is 0 Å². The average Bonchev–Trinajstić information content (AvgIpc) is 3.00. The Bertz CT molecular complexity index is 502. The van der Waals surface area contributed by atoms with Crippen molar-refractivity contribution < 1.29 is 9.59 Å². The van der Waals surface area contributed by atoms with Crippen molar-refractivity contribution in [2.24, 2.45) is 5.92 Å². The number of amides is 2. The Morgan fingerprint density at radius 3 is 2.14 bits per heavy atom. The van der Waals surface area contributed by atoms with Crippen LogP contribution in [0.1, 0.15) is 66.7 Å². The summed E-state index contributed by atoms with van der Waals surface area (Å²) in [7, 11) is 0. The molecule has 2 rings (SSSR count). The van der Waals surface area contributed by atoms with Crippen molar-refractivity contribution in [1.29, 1.82) is 0 Å². The molecule has 0 atom stereocenters. The number of hydrogen-bond donors (Lipinski definition) is 2. The molecule has 4 heteroatoms. The first kappa shape index (κ1) is 16.5. The maximum Gasteiger partial charge on any atom is 0.251 e. The van der Waals surface area contributed by atoms with Crippen molar-refractivity contribution in [1.82, 2.24) is 10.6 Å². The van der Waals surface area contributed by atoms with E-state index in [-0.39, 0.29) is 11.8 Å². The Balaban J connectivity index is 1.86. The van der Waals surface area contributed by atoms with E-state index >= 15 is 0 Å². The highest BCUT2D eigenvalue weighted by molar-refractivity contribution is 5.97. The summed E-state index contributed by atoms with van der Waals surface area (Å²) in [5.74, 6) is 0.448. The second-order valence-electron chi connectivity index (χ2n) is 6.47. The van der Waals surface area contributed by atoms with Crippen LogP contribution >= 0.6 is 0 Å². The molecule has 0 aliphatic heterocycles. The standard InChI is InChI=1S/C18H26N2O2/c1-13(2)11-12-19-17(21)14-7-9-15(10-8-14)18(22)20-16-5-3-4-6-16/h7-10,13,16H,3-6,11-12H2,1-2H3,(H,19,21)(H,20,22). The van der Waals surface area contributed by atoms with Crippen LogP contribution in [0, 0.1) is 5.92 Å². The van der Waals surface area contributed by atoms with E-state index in [2.05, 4.69) is 24.5 Å². The Morgan fingerprint density at radius 1 is 1.05 bits per heavy atom. The zero-order chi connectivity index (χ0) is 15.9. The van der Waals surface area contributed by atoms with E-state index in [0.717, 1.165) is 19.3 Å². The molecule has 1 aromatic carbocycles. The van der Waals surface area contributed by atoms with E-state index in [1.807, 2.05) is 0 Å². The van der Waals surface area contributed by atoms with Crippen molar-refractivity contribution in [3.05, 3.63) is 35.4 Å². The second-order valence-corrected chi connectivity index (χ2v) is 6.47. The van der Waals surface area contributed by atoms with Gasteiger partial charge in [-0.3, -0.25) is 9.59 Å².